The van der Waals surface area contributed by atoms with Crippen molar-refractivity contribution >= 4 is 12.1 Å². The van der Waals surface area contributed by atoms with Crippen molar-refractivity contribution in [2.24, 2.45) is 0 Å². The fourth-order valence-corrected chi connectivity index (χ4v) is 1.36. The number of alkyl carbamates (subject to hydrolysis) is 1. The number of nitrogens with zero attached hydrogens (tertiary/aromatic N) is 2. The molecule has 0 saturated heterocycles. The molecule has 0 radical (unpaired) electrons. The summed E-state index contributed by atoms with van der Waals surface area (Å²) in [6.07, 6.45) is 2.40. The van der Waals surface area contributed by atoms with E-state index in [0.29, 0.717) is 5.82 Å². The van der Waals surface area contributed by atoms with Crippen LogP contribution in [0.5, 0.6) is 0 Å². The van der Waals surface area contributed by atoms with E-state index >= 15 is 0 Å². The van der Waals surface area contributed by atoms with Gasteiger partial charge in [0.15, 0.2) is 0 Å². The first-order valence-electron chi connectivity index (χ1n) is 6.17. The Bertz CT molecular complexity index is 479. The minimum atomic E-state index is -1.17. The van der Waals surface area contributed by atoms with Crippen LogP contribution in [0, 0.1) is 6.92 Å². The third-order valence-corrected chi connectivity index (χ3v) is 2.21. The Balaban J connectivity index is 2.68. The van der Waals surface area contributed by atoms with E-state index in [2.05, 4.69) is 15.3 Å². The molecule has 0 spiro atoms. The summed E-state index contributed by atoms with van der Waals surface area (Å²) >= 11 is 0. The average molecular weight is 281 g/mol. The van der Waals surface area contributed by atoms with Gasteiger partial charge in [-0.25, -0.2) is 19.6 Å². The zero-order valence-corrected chi connectivity index (χ0v) is 12.0. The first kappa shape index (κ1) is 15.9. The summed E-state index contributed by atoms with van der Waals surface area (Å²) in [5, 5.41) is 11.4. The fraction of sp³-hybridized carbons (Fsp3) is 0.538. The second kappa shape index (κ2) is 6.31. The van der Waals surface area contributed by atoms with Gasteiger partial charge in [0.1, 0.15) is 17.5 Å². The number of carbonyl (C=O) groups excluding carboxylic acids is 1. The van der Waals surface area contributed by atoms with Crippen molar-refractivity contribution in [1.29, 1.82) is 0 Å². The molecular weight excluding hydrogens is 262 g/mol. The Kier molecular flexibility index (Phi) is 5.01. The maximum Gasteiger partial charge on any atom is 0.408 e. The summed E-state index contributed by atoms with van der Waals surface area (Å²) in [4.78, 5) is 30.8. The van der Waals surface area contributed by atoms with E-state index in [4.69, 9.17) is 9.84 Å². The number of aromatic nitrogens is 2. The van der Waals surface area contributed by atoms with Crippen molar-refractivity contribution in [3.63, 3.8) is 0 Å². The number of hydrogen-bond acceptors (Lipinski definition) is 5. The van der Waals surface area contributed by atoms with Gasteiger partial charge in [0.2, 0.25) is 0 Å². The molecule has 110 valence electrons. The van der Waals surface area contributed by atoms with E-state index in [1.54, 1.807) is 33.2 Å². The minimum Gasteiger partial charge on any atom is -0.480 e. The molecule has 0 aliphatic rings. The second-order valence-corrected chi connectivity index (χ2v) is 5.42. The summed E-state index contributed by atoms with van der Waals surface area (Å²) in [7, 11) is 0. The predicted molar refractivity (Wildman–Crippen MR) is 71.3 cm³/mol. The molecule has 7 heteroatoms. The maximum absolute atomic E-state index is 11.6. The van der Waals surface area contributed by atoms with Crippen molar-refractivity contribution in [1.82, 2.24) is 15.3 Å². The lowest BCUT2D eigenvalue weighted by atomic mass is 10.2. The van der Waals surface area contributed by atoms with Crippen LogP contribution in [0.4, 0.5) is 4.79 Å². The number of ether oxygens (including phenoxy) is 1. The predicted octanol–water partition coefficient (Wildman–Crippen LogP) is 1.31. The molecular formula is C13H19N3O4. The van der Waals surface area contributed by atoms with Crippen LogP contribution in [0.25, 0.3) is 0 Å². The third-order valence-electron chi connectivity index (χ3n) is 2.21. The lowest BCUT2D eigenvalue weighted by Gasteiger charge is -2.21. The van der Waals surface area contributed by atoms with Crippen LogP contribution < -0.4 is 5.32 Å². The molecule has 1 rings (SSSR count). The average Bonchev–Trinajstić information content (AvgIpc) is 2.28. The molecule has 1 heterocycles. The Morgan fingerprint density at radius 3 is 2.35 bits per heavy atom. The van der Waals surface area contributed by atoms with Gasteiger partial charge >= 0.3 is 12.1 Å². The van der Waals surface area contributed by atoms with Gasteiger partial charge in [-0.3, -0.25) is 0 Å². The van der Waals surface area contributed by atoms with Crippen LogP contribution in [-0.2, 0) is 16.0 Å². The monoisotopic (exact) mass is 281 g/mol. The van der Waals surface area contributed by atoms with Crippen LogP contribution >= 0.6 is 0 Å². The van der Waals surface area contributed by atoms with Gasteiger partial charge in [-0.1, -0.05) is 0 Å². The molecule has 7 nitrogen and oxygen atoms in total. The van der Waals surface area contributed by atoms with E-state index in [1.807, 2.05) is 6.92 Å². The van der Waals surface area contributed by atoms with Crippen molar-refractivity contribution in [3.05, 3.63) is 23.8 Å². The molecule has 0 saturated carbocycles. The molecule has 1 unspecified atom stereocenters. The van der Waals surface area contributed by atoms with Gasteiger partial charge < -0.3 is 15.2 Å². The highest BCUT2D eigenvalue weighted by Gasteiger charge is 2.24. The second-order valence-electron chi connectivity index (χ2n) is 5.42. The first-order valence-corrected chi connectivity index (χ1v) is 6.17. The molecule has 0 aliphatic carbocycles. The largest absolute Gasteiger partial charge is 0.480 e. The Morgan fingerprint density at radius 2 is 1.90 bits per heavy atom. The number of nitrogens with one attached hydrogen (secondary N) is 1. The van der Waals surface area contributed by atoms with Gasteiger partial charge in [0.25, 0.3) is 0 Å². The van der Waals surface area contributed by atoms with Crippen LogP contribution in [0.3, 0.4) is 0 Å². The Hall–Kier alpha value is -2.18. The van der Waals surface area contributed by atoms with Crippen molar-refractivity contribution < 1.29 is 19.4 Å². The van der Waals surface area contributed by atoms with Gasteiger partial charge in [-0.2, -0.15) is 0 Å². The summed E-state index contributed by atoms with van der Waals surface area (Å²) in [6, 6.07) is -1.13. The molecule has 0 aromatic carbocycles. The molecule has 0 fully saturated rings. The standard InChI is InChI=1S/C13H19N3O4/c1-8-6-14-10(15-7-8)5-9(11(17)18)16-12(19)20-13(2,3)4/h6-7,9H,5H2,1-4H3,(H,16,19)(H,17,18). The molecule has 1 atom stereocenters. The molecule has 0 bridgehead atoms. The number of hydrogen-bond donors (Lipinski definition) is 2. The molecule has 1 aromatic heterocycles. The number of carboxylic acid groups (broad SMARTS) is 1. The SMILES string of the molecule is Cc1cnc(CC(NC(=O)OC(C)(C)C)C(=O)O)nc1. The van der Waals surface area contributed by atoms with Gasteiger partial charge in [-0.15, -0.1) is 0 Å². The van der Waals surface area contributed by atoms with E-state index < -0.39 is 23.7 Å². The molecule has 1 aromatic rings. The Morgan fingerprint density at radius 1 is 1.35 bits per heavy atom. The Labute approximate surface area is 117 Å². The van der Waals surface area contributed by atoms with Crippen LogP contribution in [-0.4, -0.2) is 38.8 Å². The van der Waals surface area contributed by atoms with Crippen LogP contribution in [0.15, 0.2) is 12.4 Å². The molecule has 0 aliphatic heterocycles. The highest BCUT2D eigenvalue weighted by Crippen LogP contribution is 2.07. The first-order chi connectivity index (χ1) is 9.17. The van der Waals surface area contributed by atoms with Crippen molar-refractivity contribution in [2.45, 2.75) is 45.8 Å². The lowest BCUT2D eigenvalue weighted by molar-refractivity contribution is -0.139. The highest BCUT2D eigenvalue weighted by atomic mass is 16.6. The summed E-state index contributed by atoms with van der Waals surface area (Å²) in [5.74, 6) is -0.820. The smallest absolute Gasteiger partial charge is 0.408 e. The summed E-state index contributed by atoms with van der Waals surface area (Å²) in [5.41, 5.74) is 0.189. The van der Waals surface area contributed by atoms with Gasteiger partial charge in [0.05, 0.1) is 0 Å². The fourth-order valence-electron chi connectivity index (χ4n) is 1.36. The summed E-state index contributed by atoms with van der Waals surface area (Å²) in [6.45, 7) is 6.93. The molecule has 1 amide bonds. The third kappa shape index (κ3) is 5.64. The zero-order chi connectivity index (χ0) is 15.3. The van der Waals surface area contributed by atoms with Crippen LogP contribution in [0.2, 0.25) is 0 Å². The van der Waals surface area contributed by atoms with Crippen molar-refractivity contribution in [3.8, 4) is 0 Å². The molecule has 2 N–H and O–H groups in total. The summed E-state index contributed by atoms with van der Waals surface area (Å²) < 4.78 is 5.02. The maximum atomic E-state index is 11.6. The minimum absolute atomic E-state index is 0.00510. The number of aliphatic carboxylic acids is 1. The highest BCUT2D eigenvalue weighted by molar-refractivity contribution is 5.80. The van der Waals surface area contributed by atoms with Crippen LogP contribution in [0.1, 0.15) is 32.2 Å². The van der Waals surface area contributed by atoms with E-state index in [1.165, 1.54) is 0 Å². The van der Waals surface area contributed by atoms with E-state index in [-0.39, 0.29) is 6.42 Å². The number of carbonyl (C=O) groups is 2. The van der Waals surface area contributed by atoms with Gasteiger partial charge in [-0.05, 0) is 33.3 Å². The van der Waals surface area contributed by atoms with E-state index in [9.17, 15) is 9.59 Å². The normalized spacial score (nSPS) is 12.6. The van der Waals surface area contributed by atoms with Gasteiger partial charge in [0, 0.05) is 18.8 Å². The number of carboxylic acids is 1. The number of rotatable bonds is 4. The zero-order valence-electron chi connectivity index (χ0n) is 12.0. The molecule has 20 heavy (non-hydrogen) atoms. The number of amides is 1. The van der Waals surface area contributed by atoms with Crippen molar-refractivity contribution in [2.75, 3.05) is 0 Å². The van der Waals surface area contributed by atoms with E-state index in [0.717, 1.165) is 5.56 Å². The quantitative estimate of drug-likeness (QED) is 0.862. The topological polar surface area (TPSA) is 101 Å². The lowest BCUT2D eigenvalue weighted by Crippen LogP contribution is -2.44. The number of aryl methyl sites for hydroxylation is 1.